The van der Waals surface area contributed by atoms with Gasteiger partial charge in [-0.15, -0.1) is 11.3 Å². The Morgan fingerprint density at radius 2 is 1.89 bits per heavy atom. The van der Waals surface area contributed by atoms with Crippen molar-refractivity contribution in [2.24, 2.45) is 0 Å². The number of hydrogen-bond donors (Lipinski definition) is 0. The number of hydrogen-bond acceptors (Lipinski definition) is 6. The highest BCUT2D eigenvalue weighted by atomic mass is 32.1. The molecule has 0 aliphatic carbocycles. The van der Waals surface area contributed by atoms with E-state index in [-0.39, 0.29) is 5.91 Å². The highest BCUT2D eigenvalue weighted by Gasteiger charge is 2.30. The Morgan fingerprint density at radius 1 is 1.11 bits per heavy atom. The van der Waals surface area contributed by atoms with Crippen LogP contribution in [0, 0.1) is 0 Å². The second kappa shape index (κ2) is 7.85. The quantitative estimate of drug-likeness (QED) is 0.649. The molecule has 0 bridgehead atoms. The lowest BCUT2D eigenvalue weighted by Crippen LogP contribution is -2.44. The van der Waals surface area contributed by atoms with E-state index in [1.165, 1.54) is 11.3 Å². The van der Waals surface area contributed by atoms with E-state index in [1.54, 1.807) is 40.7 Å². The Hall–Kier alpha value is -2.77. The van der Waals surface area contributed by atoms with Crippen LogP contribution >= 0.6 is 11.3 Å². The summed E-state index contributed by atoms with van der Waals surface area (Å²) in [5.41, 5.74) is 3.62. The molecule has 6 nitrogen and oxygen atoms in total. The molecule has 1 aliphatic heterocycles. The zero-order valence-corrected chi connectivity index (χ0v) is 15.4. The summed E-state index contributed by atoms with van der Waals surface area (Å²) >= 11 is 1.46. The van der Waals surface area contributed by atoms with Crippen LogP contribution in [0.5, 0.6) is 0 Å². The molecule has 1 fully saturated rings. The highest BCUT2D eigenvalue weighted by Crippen LogP contribution is 2.24. The van der Waals surface area contributed by atoms with E-state index < -0.39 is 12.1 Å². The van der Waals surface area contributed by atoms with Gasteiger partial charge in [-0.2, -0.15) is 0 Å². The molecule has 2 heterocycles. The predicted molar refractivity (Wildman–Crippen MR) is 102 cm³/mol. The van der Waals surface area contributed by atoms with E-state index in [0.717, 1.165) is 10.2 Å². The Balaban J connectivity index is 1.59. The second-order valence-corrected chi connectivity index (χ2v) is 7.05. The highest BCUT2D eigenvalue weighted by molar-refractivity contribution is 7.16. The van der Waals surface area contributed by atoms with Crippen molar-refractivity contribution in [2.45, 2.75) is 6.10 Å². The minimum atomic E-state index is -0.978. The first-order valence-corrected chi connectivity index (χ1v) is 9.56. The third-order valence-corrected chi connectivity index (χ3v) is 5.23. The van der Waals surface area contributed by atoms with Gasteiger partial charge < -0.3 is 14.4 Å². The fourth-order valence-corrected chi connectivity index (χ4v) is 3.71. The first kappa shape index (κ1) is 17.6. The summed E-state index contributed by atoms with van der Waals surface area (Å²) in [5, 5.41) is 0. The number of fused-ring (bicyclic) bond motifs is 1. The van der Waals surface area contributed by atoms with E-state index in [0.29, 0.717) is 37.4 Å². The number of morpholine rings is 1. The van der Waals surface area contributed by atoms with Gasteiger partial charge in [0.15, 0.2) is 0 Å². The van der Waals surface area contributed by atoms with Crippen LogP contribution in [0.2, 0.25) is 0 Å². The van der Waals surface area contributed by atoms with Crippen molar-refractivity contribution in [3.63, 3.8) is 0 Å². The van der Waals surface area contributed by atoms with Crippen molar-refractivity contribution < 1.29 is 19.1 Å². The Bertz CT molecular complexity index is 951. The minimum Gasteiger partial charge on any atom is -0.444 e. The molecule has 27 heavy (non-hydrogen) atoms. The number of esters is 1. The number of rotatable bonds is 4. The fourth-order valence-electron chi connectivity index (χ4n) is 3.00. The zero-order valence-electron chi connectivity index (χ0n) is 14.5. The molecule has 1 atom stereocenters. The molecular formula is C20H18N2O4S. The molecule has 4 rings (SSSR count). The molecule has 7 heteroatoms. The summed E-state index contributed by atoms with van der Waals surface area (Å²) in [6.45, 7) is 1.96. The number of carbonyl (C=O) groups excluding carboxylic acids is 2. The monoisotopic (exact) mass is 382 g/mol. The molecule has 138 valence electrons. The lowest BCUT2D eigenvalue weighted by molar-refractivity contribution is -0.145. The van der Waals surface area contributed by atoms with Crippen LogP contribution < -0.4 is 0 Å². The number of nitrogens with zero attached hydrogens (tertiary/aromatic N) is 2. The normalized spacial score (nSPS) is 15.5. The van der Waals surface area contributed by atoms with Crippen LogP contribution in [0.4, 0.5) is 0 Å². The molecule has 0 radical (unpaired) electrons. The van der Waals surface area contributed by atoms with Crippen LogP contribution in [0.1, 0.15) is 22.0 Å². The first-order chi connectivity index (χ1) is 13.2. The van der Waals surface area contributed by atoms with Crippen LogP contribution in [0.15, 0.2) is 54.0 Å². The van der Waals surface area contributed by atoms with E-state index in [4.69, 9.17) is 9.47 Å². The SMILES string of the molecule is O=C(O[C@@H](C(=O)N1CCOCC1)c1ccccc1)c1ccc2ncsc2c1. The molecule has 3 aromatic rings. The van der Waals surface area contributed by atoms with Crippen molar-refractivity contribution in [1.82, 2.24) is 9.88 Å². The van der Waals surface area contributed by atoms with Gasteiger partial charge in [-0.3, -0.25) is 4.79 Å². The van der Waals surface area contributed by atoms with Gasteiger partial charge in [-0.25, -0.2) is 9.78 Å². The van der Waals surface area contributed by atoms with Crippen LogP contribution in [-0.2, 0) is 14.3 Å². The van der Waals surface area contributed by atoms with E-state index >= 15 is 0 Å². The van der Waals surface area contributed by atoms with Gasteiger partial charge >= 0.3 is 5.97 Å². The topological polar surface area (TPSA) is 68.7 Å². The van der Waals surface area contributed by atoms with Crippen molar-refractivity contribution in [2.75, 3.05) is 26.3 Å². The van der Waals surface area contributed by atoms with Crippen LogP contribution in [-0.4, -0.2) is 48.1 Å². The minimum absolute atomic E-state index is 0.225. The molecule has 0 unspecified atom stereocenters. The van der Waals surface area contributed by atoms with E-state index in [1.807, 2.05) is 18.2 Å². The smallest absolute Gasteiger partial charge is 0.339 e. The Kier molecular flexibility index (Phi) is 5.13. The predicted octanol–water partition coefficient (Wildman–Crippen LogP) is 3.05. The molecule has 0 spiro atoms. The number of amides is 1. The Labute approximate surface area is 160 Å². The van der Waals surface area contributed by atoms with Gasteiger partial charge in [0.1, 0.15) is 0 Å². The van der Waals surface area contributed by atoms with E-state index in [9.17, 15) is 9.59 Å². The molecule has 1 aromatic heterocycles. The number of benzene rings is 2. The van der Waals surface area contributed by atoms with Gasteiger partial charge in [0.2, 0.25) is 6.10 Å². The number of ether oxygens (including phenoxy) is 2. The second-order valence-electron chi connectivity index (χ2n) is 6.17. The van der Waals surface area contributed by atoms with Crippen molar-refractivity contribution in [3.8, 4) is 0 Å². The lowest BCUT2D eigenvalue weighted by Gasteiger charge is -2.30. The van der Waals surface area contributed by atoms with Crippen LogP contribution in [0.3, 0.4) is 0 Å². The molecule has 2 aromatic carbocycles. The third kappa shape index (κ3) is 3.84. The first-order valence-electron chi connectivity index (χ1n) is 8.68. The van der Waals surface area contributed by atoms with Gasteiger partial charge in [0.05, 0.1) is 34.5 Å². The molecule has 1 amide bonds. The molecule has 0 N–H and O–H groups in total. The van der Waals surface area contributed by atoms with Crippen molar-refractivity contribution in [3.05, 3.63) is 65.2 Å². The summed E-state index contributed by atoms with van der Waals surface area (Å²) in [6, 6.07) is 14.3. The zero-order chi connectivity index (χ0) is 18.6. The number of thiazole rings is 1. The summed E-state index contributed by atoms with van der Waals surface area (Å²) < 4.78 is 11.9. The number of carbonyl (C=O) groups is 2. The summed E-state index contributed by atoms with van der Waals surface area (Å²) in [7, 11) is 0. The van der Waals surface area contributed by atoms with E-state index in [2.05, 4.69) is 4.98 Å². The molecular weight excluding hydrogens is 364 g/mol. The molecule has 1 saturated heterocycles. The Morgan fingerprint density at radius 3 is 2.67 bits per heavy atom. The summed E-state index contributed by atoms with van der Waals surface area (Å²) in [5.74, 6) is -0.752. The van der Waals surface area contributed by atoms with Gasteiger partial charge in [-0.05, 0) is 18.2 Å². The van der Waals surface area contributed by atoms with Crippen LogP contribution in [0.25, 0.3) is 10.2 Å². The maximum Gasteiger partial charge on any atom is 0.339 e. The summed E-state index contributed by atoms with van der Waals surface area (Å²) in [4.78, 5) is 31.7. The largest absolute Gasteiger partial charge is 0.444 e. The van der Waals surface area contributed by atoms with Crippen molar-refractivity contribution in [1.29, 1.82) is 0 Å². The molecule has 1 aliphatic rings. The average molecular weight is 382 g/mol. The van der Waals surface area contributed by atoms with Gasteiger partial charge in [0.25, 0.3) is 5.91 Å². The van der Waals surface area contributed by atoms with Crippen molar-refractivity contribution >= 4 is 33.4 Å². The third-order valence-electron chi connectivity index (χ3n) is 4.44. The fraction of sp³-hybridized carbons (Fsp3) is 0.250. The molecule has 0 saturated carbocycles. The average Bonchev–Trinajstić information content (AvgIpc) is 3.20. The number of aromatic nitrogens is 1. The van der Waals surface area contributed by atoms with Gasteiger partial charge in [-0.1, -0.05) is 30.3 Å². The maximum atomic E-state index is 13.0. The lowest BCUT2D eigenvalue weighted by atomic mass is 10.1. The maximum absolute atomic E-state index is 13.0. The standard InChI is InChI=1S/C20H18N2O4S/c23-19(22-8-10-25-11-9-22)18(14-4-2-1-3-5-14)26-20(24)15-6-7-16-17(12-15)27-13-21-16/h1-7,12-13,18H,8-11H2/t18-/m1/s1. The summed E-state index contributed by atoms with van der Waals surface area (Å²) in [6.07, 6.45) is -0.978. The van der Waals surface area contributed by atoms with Gasteiger partial charge in [0, 0.05) is 18.7 Å².